The van der Waals surface area contributed by atoms with Gasteiger partial charge in [0, 0.05) is 55.7 Å². The number of likely N-dealkylation sites (tertiary alicyclic amines) is 1. The lowest BCUT2D eigenvalue weighted by molar-refractivity contribution is -0.138. The topological polar surface area (TPSA) is 62.2 Å². The van der Waals surface area contributed by atoms with Gasteiger partial charge in [-0.05, 0) is 44.7 Å². The van der Waals surface area contributed by atoms with Gasteiger partial charge in [-0.2, -0.15) is 0 Å². The fourth-order valence-electron chi connectivity index (χ4n) is 4.51. The van der Waals surface area contributed by atoms with E-state index in [4.69, 9.17) is 0 Å². The van der Waals surface area contributed by atoms with E-state index in [2.05, 4.69) is 32.8 Å². The molecule has 1 amide bonds. The number of carbonyl (C=O) groups excluding carboxylic acids is 1. The molecule has 2 aliphatic rings. The summed E-state index contributed by atoms with van der Waals surface area (Å²) in [6, 6.07) is 2.11. The predicted molar refractivity (Wildman–Crippen MR) is 104 cm³/mol. The Kier molecular flexibility index (Phi) is 4.81. The van der Waals surface area contributed by atoms with Gasteiger partial charge in [0.25, 0.3) is 0 Å². The molecule has 2 aromatic heterocycles. The van der Waals surface area contributed by atoms with Crippen molar-refractivity contribution in [2.24, 2.45) is 5.41 Å². The van der Waals surface area contributed by atoms with Crippen LogP contribution in [0, 0.1) is 19.3 Å². The lowest BCUT2D eigenvalue weighted by atomic mass is 9.73. The molecule has 142 valence electrons. The molecular weight excluding hydrogens is 338 g/mol. The molecule has 2 aromatic rings. The van der Waals surface area contributed by atoms with E-state index >= 15 is 0 Å². The Morgan fingerprint density at radius 2 is 2.00 bits per heavy atom. The van der Waals surface area contributed by atoms with Crippen molar-refractivity contribution in [3.05, 3.63) is 47.8 Å². The average Bonchev–Trinajstić information content (AvgIpc) is 2.67. The van der Waals surface area contributed by atoms with Crippen molar-refractivity contribution in [3.63, 3.8) is 0 Å². The first-order valence-corrected chi connectivity index (χ1v) is 9.76. The number of hydrogen-bond donors (Lipinski definition) is 0. The third-order valence-corrected chi connectivity index (χ3v) is 5.93. The minimum absolute atomic E-state index is 0.167. The Morgan fingerprint density at radius 1 is 1.11 bits per heavy atom. The minimum Gasteiger partial charge on any atom is -0.371 e. The first-order chi connectivity index (χ1) is 13.0. The molecule has 1 unspecified atom stereocenters. The molecule has 2 saturated heterocycles. The molecule has 0 saturated carbocycles. The molecule has 1 atom stereocenters. The second kappa shape index (κ2) is 7.25. The van der Waals surface area contributed by atoms with Crippen molar-refractivity contribution in [3.8, 4) is 0 Å². The molecule has 1 spiro atoms. The van der Waals surface area contributed by atoms with E-state index in [-0.39, 0.29) is 11.3 Å². The van der Waals surface area contributed by atoms with E-state index in [9.17, 15) is 4.79 Å². The smallest absolute Gasteiger partial charge is 0.222 e. The second-order valence-corrected chi connectivity index (χ2v) is 8.09. The zero-order chi connectivity index (χ0) is 18.9. The van der Waals surface area contributed by atoms with Gasteiger partial charge in [0.15, 0.2) is 0 Å². The van der Waals surface area contributed by atoms with Crippen molar-refractivity contribution in [2.45, 2.75) is 46.1 Å². The third-order valence-electron chi connectivity index (χ3n) is 5.93. The van der Waals surface area contributed by atoms with Crippen LogP contribution in [0.25, 0.3) is 0 Å². The fraction of sp³-hybridized carbons (Fsp3) is 0.524. The molecule has 27 heavy (non-hydrogen) atoms. The van der Waals surface area contributed by atoms with E-state index < -0.39 is 0 Å². The van der Waals surface area contributed by atoms with Gasteiger partial charge in [-0.1, -0.05) is 0 Å². The SMILES string of the molecule is Cc1cnc(CN2CC3(CCCN(c4ccncc4C)C3)CCC2=O)cn1. The summed E-state index contributed by atoms with van der Waals surface area (Å²) in [6.45, 7) is 7.49. The molecule has 4 heterocycles. The quantitative estimate of drug-likeness (QED) is 0.837. The number of aromatic nitrogens is 3. The number of hydrogen-bond acceptors (Lipinski definition) is 5. The van der Waals surface area contributed by atoms with Crippen LogP contribution in [-0.2, 0) is 11.3 Å². The average molecular weight is 365 g/mol. The number of anilines is 1. The lowest BCUT2D eigenvalue weighted by Crippen LogP contribution is -2.54. The standard InChI is InChI=1S/C21H27N5O/c1-16-10-22-8-5-19(16)25-9-3-6-21(14-25)7-4-20(27)26(15-21)13-18-12-23-17(2)11-24-18/h5,8,10-12H,3-4,6-7,9,13-15H2,1-2H3. The summed E-state index contributed by atoms with van der Waals surface area (Å²) in [5.41, 5.74) is 4.42. The molecule has 0 bridgehead atoms. The van der Waals surface area contributed by atoms with Crippen LogP contribution in [0.3, 0.4) is 0 Å². The molecule has 2 fully saturated rings. The first kappa shape index (κ1) is 17.9. The maximum absolute atomic E-state index is 12.6. The van der Waals surface area contributed by atoms with E-state index in [1.165, 1.54) is 17.7 Å². The van der Waals surface area contributed by atoms with E-state index in [0.29, 0.717) is 13.0 Å². The van der Waals surface area contributed by atoms with Crippen LogP contribution >= 0.6 is 0 Å². The van der Waals surface area contributed by atoms with Crippen LogP contribution in [-0.4, -0.2) is 45.4 Å². The number of nitrogens with zero attached hydrogens (tertiary/aromatic N) is 5. The Labute approximate surface area is 160 Å². The molecule has 0 aliphatic carbocycles. The van der Waals surface area contributed by atoms with E-state index in [0.717, 1.165) is 43.9 Å². The highest BCUT2D eigenvalue weighted by atomic mass is 16.2. The monoisotopic (exact) mass is 365 g/mol. The highest BCUT2D eigenvalue weighted by molar-refractivity contribution is 5.77. The Balaban J connectivity index is 1.51. The predicted octanol–water partition coefficient (Wildman–Crippen LogP) is 2.90. The van der Waals surface area contributed by atoms with Crippen LogP contribution < -0.4 is 4.90 Å². The largest absolute Gasteiger partial charge is 0.371 e. The number of amides is 1. The van der Waals surface area contributed by atoms with E-state index in [1.807, 2.05) is 24.2 Å². The maximum atomic E-state index is 12.6. The molecule has 2 aliphatic heterocycles. The summed E-state index contributed by atoms with van der Waals surface area (Å²) in [5.74, 6) is 0.236. The third kappa shape index (κ3) is 3.80. The van der Waals surface area contributed by atoms with Crippen molar-refractivity contribution >= 4 is 11.6 Å². The summed E-state index contributed by atoms with van der Waals surface area (Å²) in [7, 11) is 0. The molecule has 0 aromatic carbocycles. The molecule has 6 nitrogen and oxygen atoms in total. The number of aryl methyl sites for hydroxylation is 2. The number of carbonyl (C=O) groups is 1. The van der Waals surface area contributed by atoms with Crippen LogP contribution in [0.4, 0.5) is 5.69 Å². The lowest BCUT2D eigenvalue weighted by Gasteiger charge is -2.49. The molecule has 0 N–H and O–H groups in total. The van der Waals surface area contributed by atoms with Gasteiger partial charge in [0.2, 0.25) is 5.91 Å². The van der Waals surface area contributed by atoms with Crippen molar-refractivity contribution in [2.75, 3.05) is 24.5 Å². The summed E-state index contributed by atoms with van der Waals surface area (Å²) >= 11 is 0. The Bertz CT molecular complexity index is 822. The highest BCUT2D eigenvalue weighted by Crippen LogP contribution is 2.40. The molecular formula is C21H27N5O. The van der Waals surface area contributed by atoms with Crippen molar-refractivity contribution in [1.29, 1.82) is 0 Å². The van der Waals surface area contributed by atoms with Crippen LogP contribution in [0.1, 0.15) is 42.6 Å². The van der Waals surface area contributed by atoms with Crippen LogP contribution in [0.15, 0.2) is 30.9 Å². The van der Waals surface area contributed by atoms with Gasteiger partial charge in [-0.3, -0.25) is 19.7 Å². The zero-order valence-corrected chi connectivity index (χ0v) is 16.2. The Hall–Kier alpha value is -2.50. The molecule has 6 heteroatoms. The van der Waals surface area contributed by atoms with Gasteiger partial charge in [0.05, 0.1) is 24.1 Å². The van der Waals surface area contributed by atoms with Crippen molar-refractivity contribution < 1.29 is 4.79 Å². The highest BCUT2D eigenvalue weighted by Gasteiger charge is 2.42. The van der Waals surface area contributed by atoms with Crippen molar-refractivity contribution in [1.82, 2.24) is 19.9 Å². The number of rotatable bonds is 3. The molecule has 0 radical (unpaired) electrons. The zero-order valence-electron chi connectivity index (χ0n) is 16.2. The van der Waals surface area contributed by atoms with Gasteiger partial charge in [-0.15, -0.1) is 0 Å². The normalized spacial score (nSPS) is 23.1. The summed E-state index contributed by atoms with van der Waals surface area (Å²) in [6.07, 6.45) is 11.3. The summed E-state index contributed by atoms with van der Waals surface area (Å²) in [4.78, 5) is 30.0. The van der Waals surface area contributed by atoms with Crippen LogP contribution in [0.5, 0.6) is 0 Å². The Morgan fingerprint density at radius 3 is 2.78 bits per heavy atom. The first-order valence-electron chi connectivity index (χ1n) is 9.76. The van der Waals surface area contributed by atoms with E-state index in [1.54, 1.807) is 12.4 Å². The van der Waals surface area contributed by atoms with Crippen LogP contribution in [0.2, 0.25) is 0 Å². The number of pyridine rings is 1. The van der Waals surface area contributed by atoms with Gasteiger partial charge >= 0.3 is 0 Å². The molecule has 4 rings (SSSR count). The van der Waals surface area contributed by atoms with Gasteiger partial charge < -0.3 is 9.80 Å². The summed E-state index contributed by atoms with van der Waals surface area (Å²) in [5, 5.41) is 0. The van der Waals surface area contributed by atoms with Gasteiger partial charge in [0.1, 0.15) is 0 Å². The summed E-state index contributed by atoms with van der Waals surface area (Å²) < 4.78 is 0. The van der Waals surface area contributed by atoms with Gasteiger partial charge in [-0.25, -0.2) is 0 Å². The second-order valence-electron chi connectivity index (χ2n) is 8.09. The maximum Gasteiger partial charge on any atom is 0.222 e. The minimum atomic E-state index is 0.167. The fourth-order valence-corrected chi connectivity index (χ4v) is 4.51. The number of piperidine rings is 2.